The molecule has 0 aromatic heterocycles. The largest absolute Gasteiger partial charge is 0.294 e. The molecule has 0 bridgehead atoms. The number of Topliss-reactive ketones (excluding diaryl/α,β-unsaturated/α-hetero) is 1. The van der Waals surface area contributed by atoms with Crippen molar-refractivity contribution in [2.75, 3.05) is 0 Å². The minimum absolute atomic E-state index is 0.197. The molecule has 0 atom stereocenters. The third kappa shape index (κ3) is 2.61. The van der Waals surface area contributed by atoms with Crippen LogP contribution in [0.4, 0.5) is 8.78 Å². The maximum absolute atomic E-state index is 13.1. The Bertz CT molecular complexity index is 342. The van der Waals surface area contributed by atoms with Crippen LogP contribution in [0.3, 0.4) is 0 Å². The third-order valence-electron chi connectivity index (χ3n) is 1.94. The quantitative estimate of drug-likeness (QED) is 0.608. The zero-order valence-corrected chi connectivity index (χ0v) is 9.03. The van der Waals surface area contributed by atoms with Crippen molar-refractivity contribution in [1.29, 1.82) is 0 Å². The van der Waals surface area contributed by atoms with E-state index in [9.17, 15) is 13.6 Å². The van der Waals surface area contributed by atoms with Gasteiger partial charge < -0.3 is 0 Å². The average molecular weight is 263 g/mol. The Morgan fingerprint density at radius 1 is 1.36 bits per heavy atom. The number of ketones is 1. The van der Waals surface area contributed by atoms with Crippen LogP contribution in [0.2, 0.25) is 0 Å². The van der Waals surface area contributed by atoms with Crippen LogP contribution in [0.1, 0.15) is 19.3 Å². The molecule has 0 heterocycles. The van der Waals surface area contributed by atoms with Crippen LogP contribution >= 0.6 is 15.9 Å². The summed E-state index contributed by atoms with van der Waals surface area (Å²) in [5.41, 5.74) is -0.248. The summed E-state index contributed by atoms with van der Waals surface area (Å²) in [6.07, 6.45) is 1.78. The van der Waals surface area contributed by atoms with E-state index in [0.29, 0.717) is 18.9 Å². The lowest BCUT2D eigenvalue weighted by molar-refractivity contribution is -0.115. The van der Waals surface area contributed by atoms with Gasteiger partial charge >= 0.3 is 0 Å². The molecule has 4 heteroatoms. The summed E-state index contributed by atoms with van der Waals surface area (Å²) in [4.78, 5) is 11.2. The Kier molecular flexibility index (Phi) is 3.75. The maximum Gasteiger partial charge on any atom is 0.165 e. The maximum atomic E-state index is 13.1. The minimum Gasteiger partial charge on any atom is -0.294 e. The molecule has 0 aromatic carbocycles. The lowest BCUT2D eigenvalue weighted by atomic mass is 10.1. The number of carbonyl (C=O) groups is 1. The van der Waals surface area contributed by atoms with Crippen LogP contribution in [-0.2, 0) is 4.79 Å². The summed E-state index contributed by atoms with van der Waals surface area (Å²) in [6, 6.07) is 0. The first-order valence-corrected chi connectivity index (χ1v) is 4.95. The van der Waals surface area contributed by atoms with Crippen molar-refractivity contribution in [2.24, 2.45) is 0 Å². The number of allylic oxidation sites excluding steroid dienone is 5. The smallest absolute Gasteiger partial charge is 0.165 e. The van der Waals surface area contributed by atoms with E-state index in [0.717, 1.165) is 0 Å². The molecular formula is C10H9BrF2O. The van der Waals surface area contributed by atoms with Crippen molar-refractivity contribution in [2.45, 2.75) is 19.3 Å². The zero-order valence-electron chi connectivity index (χ0n) is 7.45. The molecule has 1 rings (SSSR count). The Labute approximate surface area is 89.3 Å². The highest BCUT2D eigenvalue weighted by Crippen LogP contribution is 2.27. The molecule has 0 amide bonds. The molecule has 0 spiro atoms. The first-order valence-electron chi connectivity index (χ1n) is 4.16. The van der Waals surface area contributed by atoms with Crippen LogP contribution in [-0.4, -0.2) is 5.78 Å². The number of rotatable bonds is 0. The van der Waals surface area contributed by atoms with Crippen molar-refractivity contribution < 1.29 is 13.6 Å². The molecule has 0 unspecified atom stereocenters. The molecule has 0 saturated carbocycles. The fourth-order valence-corrected chi connectivity index (χ4v) is 1.48. The monoisotopic (exact) mass is 262 g/mol. The standard InChI is InChI=1S/C10H9BrF2O/c1-6-8(12)5-9(13)7(11)3-2-4-10(6)14/h5H,1-4H2/b8-5?,9-7-. The summed E-state index contributed by atoms with van der Waals surface area (Å²) in [5, 5.41) is 0. The van der Waals surface area contributed by atoms with Gasteiger partial charge in [-0.3, -0.25) is 4.79 Å². The Hall–Kier alpha value is -0.770. The van der Waals surface area contributed by atoms with Crippen molar-refractivity contribution in [3.05, 3.63) is 34.4 Å². The van der Waals surface area contributed by atoms with Crippen molar-refractivity contribution in [3.63, 3.8) is 0 Å². The van der Waals surface area contributed by atoms with Gasteiger partial charge in [-0.05, 0) is 12.8 Å². The van der Waals surface area contributed by atoms with Gasteiger partial charge in [0.1, 0.15) is 11.7 Å². The molecule has 0 saturated heterocycles. The van der Waals surface area contributed by atoms with E-state index >= 15 is 0 Å². The fourth-order valence-electron chi connectivity index (χ4n) is 1.08. The molecule has 76 valence electrons. The molecule has 0 fully saturated rings. The predicted molar refractivity (Wildman–Crippen MR) is 54.3 cm³/mol. The third-order valence-corrected chi connectivity index (χ3v) is 2.71. The van der Waals surface area contributed by atoms with Crippen LogP contribution in [0.15, 0.2) is 34.4 Å². The molecule has 14 heavy (non-hydrogen) atoms. The number of hydrogen-bond acceptors (Lipinski definition) is 1. The fraction of sp³-hybridized carbons (Fsp3) is 0.300. The van der Waals surface area contributed by atoms with Gasteiger partial charge in [0.25, 0.3) is 0 Å². The molecular weight excluding hydrogens is 254 g/mol. The molecule has 1 aliphatic rings. The minimum atomic E-state index is -0.897. The van der Waals surface area contributed by atoms with Crippen LogP contribution < -0.4 is 0 Å². The van der Waals surface area contributed by atoms with Crippen LogP contribution in [0, 0.1) is 0 Å². The van der Waals surface area contributed by atoms with Gasteiger partial charge in [0.05, 0.1) is 0 Å². The molecule has 0 radical (unpaired) electrons. The topological polar surface area (TPSA) is 17.1 Å². The van der Waals surface area contributed by atoms with E-state index in [-0.39, 0.29) is 22.3 Å². The van der Waals surface area contributed by atoms with Crippen LogP contribution in [0.25, 0.3) is 0 Å². The number of carbonyl (C=O) groups excluding carboxylic acids is 1. The van der Waals surface area contributed by atoms with Gasteiger partial charge in [0, 0.05) is 22.6 Å². The SMILES string of the molecule is C=C1C(=O)CCC/C(Br)=C(/F)C=C1F. The average Bonchev–Trinajstić information content (AvgIpc) is 2.17. The molecule has 0 aromatic rings. The summed E-state index contributed by atoms with van der Waals surface area (Å²) in [6.45, 7) is 3.28. The van der Waals surface area contributed by atoms with E-state index in [1.165, 1.54) is 0 Å². The highest BCUT2D eigenvalue weighted by atomic mass is 79.9. The Morgan fingerprint density at radius 2 is 2.00 bits per heavy atom. The van der Waals surface area contributed by atoms with Gasteiger partial charge in [-0.1, -0.05) is 22.5 Å². The second-order valence-corrected chi connectivity index (χ2v) is 3.96. The van der Waals surface area contributed by atoms with Gasteiger partial charge in [-0.25, -0.2) is 8.78 Å². The summed E-state index contributed by atoms with van der Waals surface area (Å²) < 4.78 is 26.5. The van der Waals surface area contributed by atoms with Crippen molar-refractivity contribution in [3.8, 4) is 0 Å². The van der Waals surface area contributed by atoms with E-state index < -0.39 is 11.7 Å². The first-order chi connectivity index (χ1) is 6.52. The zero-order chi connectivity index (χ0) is 10.7. The predicted octanol–water partition coefficient (Wildman–Crippen LogP) is 3.73. The second-order valence-electron chi connectivity index (χ2n) is 3.00. The Morgan fingerprint density at radius 3 is 2.64 bits per heavy atom. The van der Waals surface area contributed by atoms with Gasteiger partial charge in [-0.2, -0.15) is 0 Å². The highest BCUT2D eigenvalue weighted by molar-refractivity contribution is 9.11. The summed E-state index contributed by atoms with van der Waals surface area (Å²) >= 11 is 2.99. The van der Waals surface area contributed by atoms with Crippen molar-refractivity contribution in [1.82, 2.24) is 0 Å². The van der Waals surface area contributed by atoms with E-state index in [1.54, 1.807) is 0 Å². The molecule has 1 aliphatic carbocycles. The molecule has 1 nitrogen and oxygen atoms in total. The van der Waals surface area contributed by atoms with Gasteiger partial charge in [0.2, 0.25) is 0 Å². The normalized spacial score (nSPS) is 25.2. The van der Waals surface area contributed by atoms with Crippen molar-refractivity contribution >= 4 is 21.7 Å². The van der Waals surface area contributed by atoms with E-state index in [2.05, 4.69) is 22.5 Å². The van der Waals surface area contributed by atoms with E-state index in [1.807, 2.05) is 0 Å². The lowest BCUT2D eigenvalue weighted by Crippen LogP contribution is -2.01. The van der Waals surface area contributed by atoms with Gasteiger partial charge in [0.15, 0.2) is 5.78 Å². The van der Waals surface area contributed by atoms with Crippen LogP contribution in [0.5, 0.6) is 0 Å². The first kappa shape index (κ1) is 11.3. The number of halogens is 3. The lowest BCUT2D eigenvalue weighted by Gasteiger charge is -1.99. The highest BCUT2D eigenvalue weighted by Gasteiger charge is 2.15. The summed E-state index contributed by atoms with van der Waals surface area (Å²) in [7, 11) is 0. The van der Waals surface area contributed by atoms with Gasteiger partial charge in [-0.15, -0.1) is 0 Å². The van der Waals surface area contributed by atoms with E-state index in [4.69, 9.17) is 0 Å². The molecule has 0 N–H and O–H groups in total. The molecule has 0 aliphatic heterocycles. The summed E-state index contributed by atoms with van der Waals surface area (Å²) in [5.74, 6) is -1.95. The Balaban J connectivity index is 3.04. The second kappa shape index (κ2) is 4.64. The number of hydrogen-bond donors (Lipinski definition) is 0.